The predicted octanol–water partition coefficient (Wildman–Crippen LogP) is 4.42. The fourth-order valence-corrected chi connectivity index (χ4v) is 3.38. The Hall–Kier alpha value is -1.06. The zero-order valence-corrected chi connectivity index (χ0v) is 14.3. The average Bonchev–Trinajstić information content (AvgIpc) is 2.42. The van der Waals surface area contributed by atoms with Crippen LogP contribution < -0.4 is 0 Å². The molecule has 0 radical (unpaired) electrons. The quantitative estimate of drug-likeness (QED) is 0.506. The first-order valence-electron chi connectivity index (χ1n) is 8.81. The fourth-order valence-electron chi connectivity index (χ4n) is 3.38. The second kappa shape index (κ2) is 9.86. The molecule has 0 aromatic rings. The van der Waals surface area contributed by atoms with Crippen LogP contribution in [0.4, 0.5) is 0 Å². The first kappa shape index (κ1) is 19.0. The molecule has 0 bridgehead atoms. The van der Waals surface area contributed by atoms with Crippen molar-refractivity contribution < 1.29 is 19.4 Å². The van der Waals surface area contributed by atoms with E-state index in [1.54, 1.807) is 0 Å². The Kier molecular flexibility index (Phi) is 8.51. The van der Waals surface area contributed by atoms with E-state index >= 15 is 0 Å². The summed E-state index contributed by atoms with van der Waals surface area (Å²) in [7, 11) is 0. The summed E-state index contributed by atoms with van der Waals surface area (Å²) in [5.74, 6) is 0.870. The molecule has 4 heteroatoms. The Morgan fingerprint density at radius 3 is 2.32 bits per heavy atom. The lowest BCUT2D eigenvalue weighted by Crippen LogP contribution is -2.35. The molecular weight excluding hydrogens is 280 g/mol. The molecule has 128 valence electrons. The number of carboxylic acids is 1. The van der Waals surface area contributed by atoms with Gasteiger partial charge in [-0.05, 0) is 43.4 Å². The van der Waals surface area contributed by atoms with Crippen molar-refractivity contribution in [2.24, 2.45) is 17.8 Å². The van der Waals surface area contributed by atoms with Crippen LogP contribution in [0, 0.1) is 17.8 Å². The van der Waals surface area contributed by atoms with Crippen LogP contribution in [0.1, 0.15) is 78.6 Å². The summed E-state index contributed by atoms with van der Waals surface area (Å²) in [6.45, 7) is 6.66. The van der Waals surface area contributed by atoms with Gasteiger partial charge in [-0.3, -0.25) is 9.59 Å². The van der Waals surface area contributed by atoms with Crippen LogP contribution in [-0.2, 0) is 14.3 Å². The van der Waals surface area contributed by atoms with Gasteiger partial charge in [0.15, 0.2) is 0 Å². The Labute approximate surface area is 134 Å². The van der Waals surface area contributed by atoms with Gasteiger partial charge < -0.3 is 9.84 Å². The van der Waals surface area contributed by atoms with Crippen LogP contribution in [0.15, 0.2) is 0 Å². The second-order valence-corrected chi connectivity index (χ2v) is 7.16. The summed E-state index contributed by atoms with van der Waals surface area (Å²) in [5, 5.41) is 8.56. The Morgan fingerprint density at radius 2 is 1.73 bits per heavy atom. The van der Waals surface area contributed by atoms with Crippen molar-refractivity contribution >= 4 is 11.9 Å². The van der Waals surface area contributed by atoms with Gasteiger partial charge in [0.1, 0.15) is 6.10 Å². The van der Waals surface area contributed by atoms with Crippen molar-refractivity contribution in [1.29, 1.82) is 0 Å². The van der Waals surface area contributed by atoms with Crippen LogP contribution in [0.5, 0.6) is 0 Å². The molecule has 1 aliphatic carbocycles. The van der Waals surface area contributed by atoms with Crippen LogP contribution in [0.25, 0.3) is 0 Å². The summed E-state index contributed by atoms with van der Waals surface area (Å²) in [6, 6.07) is 0. The molecule has 0 spiro atoms. The Balaban J connectivity index is 2.23. The molecule has 3 atom stereocenters. The van der Waals surface area contributed by atoms with Gasteiger partial charge in [-0.25, -0.2) is 0 Å². The largest absolute Gasteiger partial charge is 0.481 e. The molecule has 0 saturated heterocycles. The normalized spacial score (nSPS) is 25.2. The molecule has 0 aromatic carbocycles. The molecule has 4 nitrogen and oxygen atoms in total. The molecule has 22 heavy (non-hydrogen) atoms. The minimum atomic E-state index is -0.745. The molecule has 3 unspecified atom stereocenters. The molecule has 1 N–H and O–H groups in total. The highest BCUT2D eigenvalue weighted by molar-refractivity contribution is 5.69. The van der Waals surface area contributed by atoms with E-state index in [-0.39, 0.29) is 18.5 Å². The number of esters is 1. The van der Waals surface area contributed by atoms with Gasteiger partial charge in [0.05, 0.1) is 0 Å². The molecule has 1 rings (SSSR count). The molecule has 1 fully saturated rings. The summed E-state index contributed by atoms with van der Waals surface area (Å²) in [4.78, 5) is 22.4. The molecule has 1 saturated carbocycles. The van der Waals surface area contributed by atoms with Crippen LogP contribution in [-0.4, -0.2) is 23.1 Å². The van der Waals surface area contributed by atoms with Gasteiger partial charge in [0.25, 0.3) is 0 Å². The van der Waals surface area contributed by atoms with Crippen molar-refractivity contribution in [2.45, 2.75) is 84.7 Å². The highest BCUT2D eigenvalue weighted by atomic mass is 16.5. The van der Waals surface area contributed by atoms with Gasteiger partial charge in [-0.1, -0.05) is 40.0 Å². The first-order chi connectivity index (χ1) is 10.4. The SMILES string of the molecule is CC1CCC(C(C)C)C(OC(=O)CCCCCCC(=O)O)C1. The third-order valence-corrected chi connectivity index (χ3v) is 4.77. The van der Waals surface area contributed by atoms with Gasteiger partial charge in [0.2, 0.25) is 0 Å². The Morgan fingerprint density at radius 1 is 1.09 bits per heavy atom. The summed E-state index contributed by atoms with van der Waals surface area (Å²) in [6.07, 6.45) is 7.42. The number of carbonyl (C=O) groups is 2. The molecular formula is C18H32O4. The zero-order chi connectivity index (χ0) is 16.5. The van der Waals surface area contributed by atoms with E-state index in [1.807, 2.05) is 0 Å². The number of hydrogen-bond donors (Lipinski definition) is 1. The van der Waals surface area contributed by atoms with Crippen molar-refractivity contribution in [3.63, 3.8) is 0 Å². The van der Waals surface area contributed by atoms with Crippen molar-refractivity contribution in [1.82, 2.24) is 0 Å². The number of unbranched alkanes of at least 4 members (excludes halogenated alkanes) is 3. The van der Waals surface area contributed by atoms with Gasteiger partial charge >= 0.3 is 11.9 Å². The van der Waals surface area contributed by atoms with E-state index < -0.39 is 5.97 Å². The predicted molar refractivity (Wildman–Crippen MR) is 86.6 cm³/mol. The van der Waals surface area contributed by atoms with Crippen molar-refractivity contribution in [3.8, 4) is 0 Å². The van der Waals surface area contributed by atoms with Crippen molar-refractivity contribution in [2.75, 3.05) is 0 Å². The highest BCUT2D eigenvalue weighted by Crippen LogP contribution is 2.35. The van der Waals surface area contributed by atoms with E-state index in [4.69, 9.17) is 9.84 Å². The number of rotatable bonds is 9. The summed E-state index contributed by atoms with van der Waals surface area (Å²) in [5.41, 5.74) is 0. The van der Waals surface area contributed by atoms with Crippen LogP contribution in [0.3, 0.4) is 0 Å². The molecule has 0 aliphatic heterocycles. The van der Waals surface area contributed by atoms with E-state index in [9.17, 15) is 9.59 Å². The Bertz CT molecular complexity index is 351. The molecule has 0 aromatic heterocycles. The van der Waals surface area contributed by atoms with Gasteiger partial charge in [0, 0.05) is 12.8 Å². The third-order valence-electron chi connectivity index (χ3n) is 4.77. The van der Waals surface area contributed by atoms with Crippen LogP contribution >= 0.6 is 0 Å². The molecule has 0 amide bonds. The summed E-state index contributed by atoms with van der Waals surface area (Å²) < 4.78 is 5.75. The first-order valence-corrected chi connectivity index (χ1v) is 8.81. The maximum Gasteiger partial charge on any atom is 0.306 e. The number of carboxylic acid groups (broad SMARTS) is 1. The fraction of sp³-hybridized carbons (Fsp3) is 0.889. The summed E-state index contributed by atoms with van der Waals surface area (Å²) >= 11 is 0. The number of carbonyl (C=O) groups excluding carboxylic acids is 1. The lowest BCUT2D eigenvalue weighted by Gasteiger charge is -2.36. The van der Waals surface area contributed by atoms with Gasteiger partial charge in [-0.2, -0.15) is 0 Å². The lowest BCUT2D eigenvalue weighted by atomic mass is 9.75. The minimum absolute atomic E-state index is 0.0806. The second-order valence-electron chi connectivity index (χ2n) is 7.16. The van der Waals surface area contributed by atoms with Crippen molar-refractivity contribution in [3.05, 3.63) is 0 Å². The number of ether oxygens (including phenoxy) is 1. The zero-order valence-electron chi connectivity index (χ0n) is 14.3. The lowest BCUT2D eigenvalue weighted by molar-refractivity contribution is -0.156. The molecule has 1 aliphatic rings. The number of aliphatic carboxylic acids is 1. The van der Waals surface area contributed by atoms with Gasteiger partial charge in [-0.15, -0.1) is 0 Å². The average molecular weight is 312 g/mol. The highest BCUT2D eigenvalue weighted by Gasteiger charge is 2.33. The monoisotopic (exact) mass is 312 g/mol. The topological polar surface area (TPSA) is 63.6 Å². The minimum Gasteiger partial charge on any atom is -0.481 e. The third kappa shape index (κ3) is 7.28. The van der Waals surface area contributed by atoms with E-state index in [1.165, 1.54) is 6.42 Å². The smallest absolute Gasteiger partial charge is 0.306 e. The van der Waals surface area contributed by atoms with E-state index in [2.05, 4.69) is 20.8 Å². The maximum atomic E-state index is 12.0. The number of hydrogen-bond acceptors (Lipinski definition) is 3. The maximum absolute atomic E-state index is 12.0. The molecule has 0 heterocycles. The van der Waals surface area contributed by atoms with Crippen LogP contribution in [0.2, 0.25) is 0 Å². The van der Waals surface area contributed by atoms with E-state index in [0.29, 0.717) is 30.6 Å². The standard InChI is InChI=1S/C18H32O4/c1-13(2)15-11-10-14(3)12-16(15)22-18(21)9-7-5-4-6-8-17(19)20/h13-16H,4-12H2,1-3H3,(H,19,20). The van der Waals surface area contributed by atoms with E-state index in [0.717, 1.165) is 32.1 Å².